The molecule has 1 amide bonds. The summed E-state index contributed by atoms with van der Waals surface area (Å²) in [5, 5.41) is 6.12. The molecule has 1 aliphatic heterocycles. The van der Waals surface area contributed by atoms with E-state index in [4.69, 9.17) is 0 Å². The van der Waals surface area contributed by atoms with Crippen molar-refractivity contribution in [1.29, 1.82) is 0 Å². The van der Waals surface area contributed by atoms with E-state index in [2.05, 4.69) is 43.2 Å². The molecule has 0 radical (unpaired) electrons. The highest BCUT2D eigenvalue weighted by atomic mass is 16.2. The second kappa shape index (κ2) is 5.15. The Hall–Kier alpha value is -0.610. The molecule has 2 N–H and O–H groups in total. The summed E-state index contributed by atoms with van der Waals surface area (Å²) in [6.45, 7) is 10.2. The normalized spacial score (nSPS) is 26.6. The van der Waals surface area contributed by atoms with Crippen molar-refractivity contribution < 1.29 is 4.79 Å². The minimum atomic E-state index is -0.0671. The van der Waals surface area contributed by atoms with Gasteiger partial charge in [-0.15, -0.1) is 0 Å². The first-order chi connectivity index (χ1) is 7.40. The lowest BCUT2D eigenvalue weighted by Gasteiger charge is -2.43. The van der Waals surface area contributed by atoms with Gasteiger partial charge in [0.1, 0.15) is 6.04 Å². The lowest BCUT2D eigenvalue weighted by Crippen LogP contribution is -2.58. The summed E-state index contributed by atoms with van der Waals surface area (Å²) in [4.78, 5) is 14.3. The largest absolute Gasteiger partial charge is 0.355 e. The third-order valence-corrected chi connectivity index (χ3v) is 3.33. The number of amides is 1. The molecule has 16 heavy (non-hydrogen) atoms. The van der Waals surface area contributed by atoms with Crippen molar-refractivity contribution in [2.75, 3.05) is 20.1 Å². The lowest BCUT2D eigenvalue weighted by molar-refractivity contribution is -0.127. The Morgan fingerprint density at radius 3 is 2.69 bits per heavy atom. The number of carbonyl (C=O) groups excluding carboxylic acids is 1. The van der Waals surface area contributed by atoms with Gasteiger partial charge in [-0.1, -0.05) is 0 Å². The van der Waals surface area contributed by atoms with Crippen molar-refractivity contribution in [3.05, 3.63) is 0 Å². The quantitative estimate of drug-likeness (QED) is 0.741. The molecule has 0 aromatic heterocycles. The van der Waals surface area contributed by atoms with Crippen LogP contribution in [0.25, 0.3) is 0 Å². The van der Waals surface area contributed by atoms with Crippen LogP contribution in [0.3, 0.4) is 0 Å². The van der Waals surface area contributed by atoms with E-state index < -0.39 is 0 Å². The summed E-state index contributed by atoms with van der Waals surface area (Å²) in [7, 11) is 1.89. The summed E-state index contributed by atoms with van der Waals surface area (Å²) < 4.78 is 0. The molecular weight excluding hydrogens is 202 g/mol. The summed E-state index contributed by atoms with van der Waals surface area (Å²) in [6.07, 6.45) is 0.997. The van der Waals surface area contributed by atoms with Crippen LogP contribution in [-0.4, -0.2) is 48.6 Å². The standard InChI is InChI=1S/C12H25N3O/c1-9(2)15-10(8-13-5)11(16)14-7-6-12(15,3)4/h9-10,13H,6-8H2,1-5H3,(H,14,16). The van der Waals surface area contributed by atoms with Crippen molar-refractivity contribution in [2.45, 2.75) is 51.7 Å². The lowest BCUT2D eigenvalue weighted by atomic mass is 9.95. The van der Waals surface area contributed by atoms with E-state index in [9.17, 15) is 4.79 Å². The van der Waals surface area contributed by atoms with Gasteiger partial charge in [0.2, 0.25) is 5.91 Å². The third kappa shape index (κ3) is 2.74. The number of nitrogens with zero attached hydrogens (tertiary/aromatic N) is 1. The molecule has 0 aliphatic carbocycles. The average molecular weight is 227 g/mol. The molecule has 0 saturated carbocycles. The van der Waals surface area contributed by atoms with Crippen LogP contribution in [0.5, 0.6) is 0 Å². The average Bonchev–Trinajstić information content (AvgIpc) is 2.24. The van der Waals surface area contributed by atoms with Crippen molar-refractivity contribution in [3.63, 3.8) is 0 Å². The Balaban J connectivity index is 2.99. The molecule has 1 rings (SSSR count). The molecule has 0 bridgehead atoms. The van der Waals surface area contributed by atoms with Crippen molar-refractivity contribution in [3.8, 4) is 0 Å². The van der Waals surface area contributed by atoms with Gasteiger partial charge in [0, 0.05) is 24.7 Å². The second-order valence-corrected chi connectivity index (χ2v) is 5.43. The second-order valence-electron chi connectivity index (χ2n) is 5.43. The van der Waals surface area contributed by atoms with E-state index >= 15 is 0 Å². The van der Waals surface area contributed by atoms with Crippen LogP contribution in [0.15, 0.2) is 0 Å². The van der Waals surface area contributed by atoms with Crippen LogP contribution < -0.4 is 10.6 Å². The van der Waals surface area contributed by atoms with E-state index in [0.29, 0.717) is 12.6 Å². The van der Waals surface area contributed by atoms with Crippen LogP contribution in [0.1, 0.15) is 34.1 Å². The highest BCUT2D eigenvalue weighted by molar-refractivity contribution is 5.82. The van der Waals surface area contributed by atoms with Crippen molar-refractivity contribution in [1.82, 2.24) is 15.5 Å². The molecule has 94 valence electrons. The molecule has 1 unspecified atom stereocenters. The number of carbonyl (C=O) groups is 1. The van der Waals surface area contributed by atoms with Crippen LogP contribution in [0.2, 0.25) is 0 Å². The number of hydrogen-bond donors (Lipinski definition) is 2. The molecule has 0 aromatic carbocycles. The first-order valence-electron chi connectivity index (χ1n) is 6.11. The third-order valence-electron chi connectivity index (χ3n) is 3.33. The number of likely N-dealkylation sites (N-methyl/N-ethyl adjacent to an activating group) is 1. The highest BCUT2D eigenvalue weighted by Gasteiger charge is 2.39. The van der Waals surface area contributed by atoms with Crippen molar-refractivity contribution in [2.24, 2.45) is 0 Å². The SMILES string of the molecule is CNCC1C(=O)NCCC(C)(C)N1C(C)C. The van der Waals surface area contributed by atoms with Crippen LogP contribution in [0, 0.1) is 0 Å². The van der Waals surface area contributed by atoms with E-state index in [0.717, 1.165) is 13.0 Å². The number of rotatable bonds is 3. The zero-order valence-electron chi connectivity index (χ0n) is 11.1. The predicted molar refractivity (Wildman–Crippen MR) is 66.4 cm³/mol. The van der Waals surface area contributed by atoms with E-state index in [-0.39, 0.29) is 17.5 Å². The van der Waals surface area contributed by atoms with Gasteiger partial charge in [0.05, 0.1) is 0 Å². The van der Waals surface area contributed by atoms with Gasteiger partial charge in [-0.05, 0) is 41.2 Å². The maximum absolute atomic E-state index is 12.0. The smallest absolute Gasteiger partial charge is 0.238 e. The molecule has 1 heterocycles. The molecule has 1 atom stereocenters. The minimum absolute atomic E-state index is 0.0643. The number of nitrogens with one attached hydrogen (secondary N) is 2. The molecule has 1 fully saturated rings. The fraction of sp³-hybridized carbons (Fsp3) is 0.917. The Bertz CT molecular complexity index is 251. The highest BCUT2D eigenvalue weighted by Crippen LogP contribution is 2.26. The van der Waals surface area contributed by atoms with Gasteiger partial charge in [-0.3, -0.25) is 9.69 Å². The van der Waals surface area contributed by atoms with Gasteiger partial charge in [0.15, 0.2) is 0 Å². The van der Waals surface area contributed by atoms with Gasteiger partial charge in [-0.2, -0.15) is 0 Å². The zero-order valence-corrected chi connectivity index (χ0v) is 11.1. The Kier molecular flexibility index (Phi) is 4.33. The summed E-state index contributed by atoms with van der Waals surface area (Å²) >= 11 is 0. The fourth-order valence-corrected chi connectivity index (χ4v) is 2.73. The first kappa shape index (κ1) is 13.5. The molecule has 0 spiro atoms. The number of hydrogen-bond acceptors (Lipinski definition) is 3. The Morgan fingerprint density at radius 1 is 1.56 bits per heavy atom. The monoisotopic (exact) mass is 227 g/mol. The maximum Gasteiger partial charge on any atom is 0.238 e. The Morgan fingerprint density at radius 2 is 2.19 bits per heavy atom. The fourth-order valence-electron chi connectivity index (χ4n) is 2.73. The van der Waals surface area contributed by atoms with Gasteiger partial charge in [0.25, 0.3) is 0 Å². The van der Waals surface area contributed by atoms with E-state index in [1.807, 2.05) is 7.05 Å². The summed E-state index contributed by atoms with van der Waals surface area (Å²) in [5.41, 5.74) is 0.0643. The van der Waals surface area contributed by atoms with Gasteiger partial charge >= 0.3 is 0 Å². The van der Waals surface area contributed by atoms with E-state index in [1.54, 1.807) is 0 Å². The molecule has 4 heteroatoms. The van der Waals surface area contributed by atoms with Crippen LogP contribution in [0.4, 0.5) is 0 Å². The summed E-state index contributed by atoms with van der Waals surface area (Å²) in [6, 6.07) is 0.305. The zero-order chi connectivity index (χ0) is 12.3. The molecule has 4 nitrogen and oxygen atoms in total. The molecule has 0 aromatic rings. The molecule has 1 aliphatic rings. The van der Waals surface area contributed by atoms with E-state index in [1.165, 1.54) is 0 Å². The van der Waals surface area contributed by atoms with Crippen LogP contribution >= 0.6 is 0 Å². The topological polar surface area (TPSA) is 44.4 Å². The maximum atomic E-state index is 12.0. The van der Waals surface area contributed by atoms with Crippen molar-refractivity contribution >= 4 is 5.91 Å². The predicted octanol–water partition coefficient (Wildman–Crippen LogP) is 0.583. The first-order valence-corrected chi connectivity index (χ1v) is 6.11. The molecule has 1 saturated heterocycles. The van der Waals surface area contributed by atoms with Gasteiger partial charge in [-0.25, -0.2) is 0 Å². The van der Waals surface area contributed by atoms with Crippen LogP contribution in [-0.2, 0) is 4.79 Å². The van der Waals surface area contributed by atoms with Gasteiger partial charge < -0.3 is 10.6 Å². The minimum Gasteiger partial charge on any atom is -0.355 e. The summed E-state index contributed by atoms with van der Waals surface area (Å²) in [5.74, 6) is 0.147. The molecular formula is C12H25N3O. The Labute approximate surface area is 98.8 Å².